The van der Waals surface area contributed by atoms with Crippen LogP contribution >= 0.6 is 0 Å². The number of nitrogens with zero attached hydrogens (tertiary/aromatic N) is 2. The Morgan fingerprint density at radius 1 is 1.24 bits per heavy atom. The number of piperazine rings is 1. The molecule has 21 heavy (non-hydrogen) atoms. The second-order valence-corrected chi connectivity index (χ2v) is 5.36. The summed E-state index contributed by atoms with van der Waals surface area (Å²) in [7, 11) is 1.63. The first kappa shape index (κ1) is 15.8. The van der Waals surface area contributed by atoms with Crippen LogP contribution in [0.5, 0.6) is 5.75 Å². The summed E-state index contributed by atoms with van der Waals surface area (Å²) in [5.74, 6) is 0.835. The molecule has 116 valence electrons. The van der Waals surface area contributed by atoms with E-state index in [9.17, 15) is 4.79 Å². The van der Waals surface area contributed by atoms with Gasteiger partial charge in [0, 0.05) is 31.9 Å². The minimum atomic E-state index is -0.105. The molecule has 0 spiro atoms. The van der Waals surface area contributed by atoms with Gasteiger partial charge in [-0.15, -0.1) is 0 Å². The second-order valence-electron chi connectivity index (χ2n) is 5.36. The number of carbonyl (C=O) groups excluding carboxylic acids is 1. The van der Waals surface area contributed by atoms with Crippen LogP contribution in [0.15, 0.2) is 24.3 Å². The van der Waals surface area contributed by atoms with Gasteiger partial charge in [0.25, 0.3) is 0 Å². The molecule has 1 saturated heterocycles. The van der Waals surface area contributed by atoms with E-state index in [1.165, 1.54) is 0 Å². The Morgan fingerprint density at radius 2 is 1.86 bits per heavy atom. The molecule has 0 saturated carbocycles. The van der Waals surface area contributed by atoms with Gasteiger partial charge in [-0.25, -0.2) is 0 Å². The number of hydrogen-bond donors (Lipinski definition) is 1. The number of ether oxygens (including phenoxy) is 1. The Kier molecular flexibility index (Phi) is 5.59. The summed E-state index contributed by atoms with van der Waals surface area (Å²) in [5, 5.41) is 2.97. The van der Waals surface area contributed by atoms with Gasteiger partial charge in [0.05, 0.1) is 13.2 Å². The normalized spacial score (nSPS) is 18.2. The van der Waals surface area contributed by atoms with Crippen LogP contribution in [0.1, 0.15) is 13.8 Å². The third-order valence-corrected chi connectivity index (χ3v) is 4.14. The zero-order chi connectivity index (χ0) is 15.2. The molecule has 1 aromatic rings. The molecular weight excluding hydrogens is 266 g/mol. The van der Waals surface area contributed by atoms with Crippen LogP contribution in [0.25, 0.3) is 0 Å². The number of hydrogen-bond acceptors (Lipinski definition) is 4. The molecule has 1 aliphatic rings. The minimum Gasteiger partial charge on any atom is -0.497 e. The Morgan fingerprint density at radius 3 is 2.38 bits per heavy atom. The minimum absolute atomic E-state index is 0.0464. The van der Waals surface area contributed by atoms with Crippen molar-refractivity contribution in [2.45, 2.75) is 19.9 Å². The van der Waals surface area contributed by atoms with Crippen molar-refractivity contribution in [1.29, 1.82) is 0 Å². The lowest BCUT2D eigenvalue weighted by Crippen LogP contribution is -2.52. The highest BCUT2D eigenvalue weighted by atomic mass is 16.5. The van der Waals surface area contributed by atoms with Crippen molar-refractivity contribution in [1.82, 2.24) is 9.80 Å². The topological polar surface area (TPSA) is 44.8 Å². The third-order valence-electron chi connectivity index (χ3n) is 4.14. The smallest absolute Gasteiger partial charge is 0.241 e. The average Bonchev–Trinajstić information content (AvgIpc) is 2.55. The molecule has 0 aliphatic carbocycles. The maximum Gasteiger partial charge on any atom is 0.241 e. The highest BCUT2D eigenvalue weighted by Gasteiger charge is 2.24. The number of methoxy groups -OCH3 is 1. The van der Waals surface area contributed by atoms with Crippen molar-refractivity contribution in [3.63, 3.8) is 0 Å². The van der Waals surface area contributed by atoms with Crippen molar-refractivity contribution in [3.05, 3.63) is 24.3 Å². The average molecular weight is 291 g/mol. The molecule has 2 rings (SSSR count). The summed E-state index contributed by atoms with van der Waals surface area (Å²) in [4.78, 5) is 17.0. The van der Waals surface area contributed by atoms with Crippen molar-refractivity contribution in [2.24, 2.45) is 0 Å². The summed E-state index contributed by atoms with van der Waals surface area (Å²) >= 11 is 0. The maximum absolute atomic E-state index is 12.3. The fraction of sp³-hybridized carbons (Fsp3) is 0.562. The van der Waals surface area contributed by atoms with Crippen LogP contribution in [0.4, 0.5) is 5.69 Å². The molecule has 1 aliphatic heterocycles. The molecule has 1 N–H and O–H groups in total. The number of anilines is 1. The monoisotopic (exact) mass is 291 g/mol. The number of rotatable bonds is 5. The Labute approximate surface area is 126 Å². The van der Waals surface area contributed by atoms with E-state index in [4.69, 9.17) is 4.74 Å². The van der Waals surface area contributed by atoms with Gasteiger partial charge in [-0.05, 0) is 37.7 Å². The maximum atomic E-state index is 12.3. The van der Waals surface area contributed by atoms with E-state index in [-0.39, 0.29) is 11.9 Å². The molecule has 0 radical (unpaired) electrons. The van der Waals surface area contributed by atoms with Gasteiger partial charge in [0.1, 0.15) is 5.75 Å². The van der Waals surface area contributed by atoms with Gasteiger partial charge in [0.15, 0.2) is 0 Å². The second kappa shape index (κ2) is 7.43. The summed E-state index contributed by atoms with van der Waals surface area (Å²) in [6.07, 6.45) is 0. The SMILES string of the molecule is CCN1CCN([C@@H](C)C(=O)Nc2ccc(OC)cc2)CC1. The molecule has 1 aromatic carbocycles. The lowest BCUT2D eigenvalue weighted by molar-refractivity contribution is -0.121. The van der Waals surface area contributed by atoms with Gasteiger partial charge < -0.3 is 15.0 Å². The van der Waals surface area contributed by atoms with Gasteiger partial charge in [-0.1, -0.05) is 6.92 Å². The lowest BCUT2D eigenvalue weighted by atomic mass is 10.2. The highest BCUT2D eigenvalue weighted by molar-refractivity contribution is 5.94. The van der Waals surface area contributed by atoms with Gasteiger partial charge in [-0.3, -0.25) is 9.69 Å². The number of likely N-dealkylation sites (N-methyl/N-ethyl adjacent to an activating group) is 1. The molecule has 1 heterocycles. The molecule has 0 aromatic heterocycles. The lowest BCUT2D eigenvalue weighted by Gasteiger charge is -2.36. The largest absolute Gasteiger partial charge is 0.497 e. The number of benzene rings is 1. The Balaban J connectivity index is 1.87. The Bertz CT molecular complexity index is 453. The van der Waals surface area contributed by atoms with Crippen LogP contribution in [0.2, 0.25) is 0 Å². The van der Waals surface area contributed by atoms with E-state index in [0.29, 0.717) is 0 Å². The summed E-state index contributed by atoms with van der Waals surface area (Å²) < 4.78 is 5.11. The third kappa shape index (κ3) is 4.19. The standard InChI is InChI=1S/C16H25N3O2/c1-4-18-9-11-19(12-10-18)13(2)16(20)17-14-5-7-15(21-3)8-6-14/h5-8,13H,4,9-12H2,1-3H3,(H,17,20)/t13-/m0/s1. The quantitative estimate of drug-likeness (QED) is 0.896. The predicted molar refractivity (Wildman–Crippen MR) is 84.8 cm³/mol. The molecule has 1 fully saturated rings. The summed E-state index contributed by atoms with van der Waals surface area (Å²) in [5.41, 5.74) is 0.805. The van der Waals surface area contributed by atoms with Crippen LogP contribution < -0.4 is 10.1 Å². The summed E-state index contributed by atoms with van der Waals surface area (Å²) in [6, 6.07) is 7.31. The van der Waals surface area contributed by atoms with E-state index >= 15 is 0 Å². The first-order chi connectivity index (χ1) is 10.1. The highest BCUT2D eigenvalue weighted by Crippen LogP contribution is 2.16. The number of carbonyl (C=O) groups is 1. The molecular formula is C16H25N3O2. The predicted octanol–water partition coefficient (Wildman–Crippen LogP) is 1.66. The van der Waals surface area contributed by atoms with E-state index < -0.39 is 0 Å². The van der Waals surface area contributed by atoms with Crippen molar-refractivity contribution in [3.8, 4) is 5.75 Å². The molecule has 5 heteroatoms. The molecule has 1 amide bonds. The van der Waals surface area contributed by atoms with Crippen LogP contribution in [0.3, 0.4) is 0 Å². The van der Waals surface area contributed by atoms with Gasteiger partial charge >= 0.3 is 0 Å². The van der Waals surface area contributed by atoms with Crippen LogP contribution in [-0.4, -0.2) is 61.6 Å². The van der Waals surface area contributed by atoms with Crippen LogP contribution in [0, 0.1) is 0 Å². The number of amides is 1. The van der Waals surface area contributed by atoms with E-state index in [0.717, 1.165) is 44.2 Å². The molecule has 1 atom stereocenters. The zero-order valence-electron chi connectivity index (χ0n) is 13.1. The van der Waals surface area contributed by atoms with Gasteiger partial charge in [0.2, 0.25) is 5.91 Å². The molecule has 0 bridgehead atoms. The zero-order valence-corrected chi connectivity index (χ0v) is 13.1. The molecule has 0 unspecified atom stereocenters. The summed E-state index contributed by atoms with van der Waals surface area (Å²) in [6.45, 7) is 9.21. The van der Waals surface area contributed by atoms with Crippen LogP contribution in [-0.2, 0) is 4.79 Å². The van der Waals surface area contributed by atoms with E-state index in [2.05, 4.69) is 22.0 Å². The van der Waals surface area contributed by atoms with Crippen molar-refractivity contribution in [2.75, 3.05) is 45.2 Å². The first-order valence-corrected chi connectivity index (χ1v) is 7.55. The Hall–Kier alpha value is -1.59. The first-order valence-electron chi connectivity index (χ1n) is 7.55. The number of nitrogens with one attached hydrogen (secondary N) is 1. The van der Waals surface area contributed by atoms with E-state index in [1.54, 1.807) is 7.11 Å². The molecule has 5 nitrogen and oxygen atoms in total. The fourth-order valence-corrected chi connectivity index (χ4v) is 2.55. The van der Waals surface area contributed by atoms with E-state index in [1.807, 2.05) is 31.2 Å². The van der Waals surface area contributed by atoms with Gasteiger partial charge in [-0.2, -0.15) is 0 Å². The fourth-order valence-electron chi connectivity index (χ4n) is 2.55. The van der Waals surface area contributed by atoms with Crippen molar-refractivity contribution >= 4 is 11.6 Å². The van der Waals surface area contributed by atoms with Crippen molar-refractivity contribution < 1.29 is 9.53 Å².